The molecule has 2 aromatic heterocycles. The zero-order chi connectivity index (χ0) is 10.7. The Morgan fingerprint density at radius 3 is 2.67 bits per heavy atom. The number of thiazole rings is 1. The highest BCUT2D eigenvalue weighted by Crippen LogP contribution is 2.16. The zero-order valence-corrected chi connectivity index (χ0v) is 10.1. The first-order valence-corrected chi connectivity index (χ1v) is 6.33. The SMILES string of the molecule is Cc1ccc(CNCc2cnc(N)s2)s1. The molecule has 15 heavy (non-hydrogen) atoms. The molecule has 0 atom stereocenters. The van der Waals surface area contributed by atoms with Crippen molar-refractivity contribution in [3.63, 3.8) is 0 Å². The van der Waals surface area contributed by atoms with E-state index in [4.69, 9.17) is 5.73 Å². The van der Waals surface area contributed by atoms with E-state index in [2.05, 4.69) is 29.4 Å². The van der Waals surface area contributed by atoms with Gasteiger partial charge in [-0.05, 0) is 19.1 Å². The fourth-order valence-corrected chi connectivity index (χ4v) is 2.81. The van der Waals surface area contributed by atoms with Gasteiger partial charge in [-0.1, -0.05) is 0 Å². The summed E-state index contributed by atoms with van der Waals surface area (Å²) in [6, 6.07) is 4.31. The number of hydrogen-bond donors (Lipinski definition) is 2. The molecule has 0 aliphatic heterocycles. The lowest BCUT2D eigenvalue weighted by molar-refractivity contribution is 0.708. The van der Waals surface area contributed by atoms with Gasteiger partial charge in [0.1, 0.15) is 0 Å². The lowest BCUT2D eigenvalue weighted by Gasteiger charge is -1.99. The molecule has 0 bridgehead atoms. The number of thiophene rings is 1. The Kier molecular flexibility index (Phi) is 3.35. The van der Waals surface area contributed by atoms with E-state index in [-0.39, 0.29) is 0 Å². The van der Waals surface area contributed by atoms with Crippen molar-refractivity contribution >= 4 is 27.8 Å². The Bertz CT molecular complexity index is 393. The van der Waals surface area contributed by atoms with E-state index in [1.165, 1.54) is 26.0 Å². The fraction of sp³-hybridized carbons (Fsp3) is 0.300. The van der Waals surface area contributed by atoms with E-state index in [1.54, 1.807) is 0 Å². The van der Waals surface area contributed by atoms with Crippen molar-refractivity contribution in [1.29, 1.82) is 0 Å². The van der Waals surface area contributed by atoms with Crippen LogP contribution in [0.25, 0.3) is 0 Å². The van der Waals surface area contributed by atoms with Crippen LogP contribution in [0.1, 0.15) is 14.6 Å². The van der Waals surface area contributed by atoms with Crippen molar-refractivity contribution in [2.45, 2.75) is 20.0 Å². The number of nitrogens with two attached hydrogens (primary N) is 1. The normalized spacial score (nSPS) is 10.7. The van der Waals surface area contributed by atoms with E-state index >= 15 is 0 Å². The number of anilines is 1. The maximum atomic E-state index is 5.55. The van der Waals surface area contributed by atoms with Crippen LogP contribution in [-0.4, -0.2) is 4.98 Å². The third-order valence-electron chi connectivity index (χ3n) is 1.97. The molecule has 2 rings (SSSR count). The molecule has 2 aromatic rings. The summed E-state index contributed by atoms with van der Waals surface area (Å²) in [6.45, 7) is 3.88. The standard InChI is InChI=1S/C10H13N3S2/c1-7-2-3-8(14-7)4-12-5-9-6-13-10(11)15-9/h2-3,6,12H,4-5H2,1H3,(H2,11,13). The minimum Gasteiger partial charge on any atom is -0.375 e. The van der Waals surface area contributed by atoms with Crippen LogP contribution in [0.2, 0.25) is 0 Å². The molecule has 0 saturated heterocycles. The fourth-order valence-electron chi connectivity index (χ4n) is 1.29. The molecule has 0 aliphatic rings. The van der Waals surface area contributed by atoms with Crippen molar-refractivity contribution < 1.29 is 0 Å². The van der Waals surface area contributed by atoms with Gasteiger partial charge in [-0.25, -0.2) is 4.98 Å². The molecule has 0 saturated carbocycles. The van der Waals surface area contributed by atoms with E-state index in [9.17, 15) is 0 Å². The van der Waals surface area contributed by atoms with E-state index < -0.39 is 0 Å². The maximum absolute atomic E-state index is 5.55. The largest absolute Gasteiger partial charge is 0.375 e. The summed E-state index contributed by atoms with van der Waals surface area (Å²) in [7, 11) is 0. The molecule has 3 nitrogen and oxygen atoms in total. The van der Waals surface area contributed by atoms with Crippen LogP contribution in [0, 0.1) is 6.92 Å². The van der Waals surface area contributed by atoms with Gasteiger partial charge in [-0.2, -0.15) is 0 Å². The molecular formula is C10H13N3S2. The zero-order valence-electron chi connectivity index (χ0n) is 8.49. The molecule has 3 N–H and O–H groups in total. The molecular weight excluding hydrogens is 226 g/mol. The third kappa shape index (κ3) is 3.02. The van der Waals surface area contributed by atoms with Gasteiger partial charge in [-0.3, -0.25) is 0 Å². The molecule has 0 spiro atoms. The Hall–Kier alpha value is -0.910. The Balaban J connectivity index is 1.80. The van der Waals surface area contributed by atoms with Crippen LogP contribution in [-0.2, 0) is 13.1 Å². The quantitative estimate of drug-likeness (QED) is 0.861. The summed E-state index contributed by atoms with van der Waals surface area (Å²) in [5, 5.41) is 4.01. The predicted molar refractivity (Wildman–Crippen MR) is 66.1 cm³/mol. The second-order valence-electron chi connectivity index (χ2n) is 3.28. The van der Waals surface area contributed by atoms with Gasteiger partial charge >= 0.3 is 0 Å². The summed E-state index contributed by atoms with van der Waals surface area (Å²) in [5.74, 6) is 0. The summed E-state index contributed by atoms with van der Waals surface area (Å²) in [4.78, 5) is 7.91. The number of aryl methyl sites for hydroxylation is 1. The topological polar surface area (TPSA) is 50.9 Å². The Morgan fingerprint density at radius 1 is 1.27 bits per heavy atom. The average molecular weight is 239 g/mol. The van der Waals surface area contributed by atoms with E-state index in [1.807, 2.05) is 17.5 Å². The lowest BCUT2D eigenvalue weighted by atomic mass is 10.4. The van der Waals surface area contributed by atoms with Crippen LogP contribution < -0.4 is 11.1 Å². The highest BCUT2D eigenvalue weighted by molar-refractivity contribution is 7.15. The van der Waals surface area contributed by atoms with Gasteiger partial charge in [-0.15, -0.1) is 22.7 Å². The molecule has 2 heterocycles. The maximum Gasteiger partial charge on any atom is 0.180 e. The summed E-state index contributed by atoms with van der Waals surface area (Å²) >= 11 is 3.36. The summed E-state index contributed by atoms with van der Waals surface area (Å²) < 4.78 is 0. The van der Waals surface area contributed by atoms with Gasteiger partial charge in [0, 0.05) is 33.9 Å². The van der Waals surface area contributed by atoms with Crippen LogP contribution in [0.4, 0.5) is 5.13 Å². The first-order chi connectivity index (χ1) is 7.24. The highest BCUT2D eigenvalue weighted by Gasteiger charge is 1.99. The van der Waals surface area contributed by atoms with Crippen LogP contribution in [0.5, 0.6) is 0 Å². The summed E-state index contributed by atoms with van der Waals surface area (Å²) in [5.41, 5.74) is 5.55. The Labute approximate surface area is 97.0 Å². The van der Waals surface area contributed by atoms with Crippen molar-refractivity contribution in [3.05, 3.63) is 33.0 Å². The molecule has 80 valence electrons. The van der Waals surface area contributed by atoms with E-state index in [0.717, 1.165) is 13.1 Å². The van der Waals surface area contributed by atoms with Crippen LogP contribution in [0.3, 0.4) is 0 Å². The monoisotopic (exact) mass is 239 g/mol. The van der Waals surface area contributed by atoms with Crippen molar-refractivity contribution in [2.24, 2.45) is 0 Å². The molecule has 0 aliphatic carbocycles. The van der Waals surface area contributed by atoms with Crippen molar-refractivity contribution in [1.82, 2.24) is 10.3 Å². The summed E-state index contributed by atoms with van der Waals surface area (Å²) in [6.07, 6.45) is 1.83. The number of nitrogens with one attached hydrogen (secondary N) is 1. The van der Waals surface area contributed by atoms with Gasteiger partial charge in [0.2, 0.25) is 0 Å². The van der Waals surface area contributed by atoms with Crippen molar-refractivity contribution in [3.8, 4) is 0 Å². The van der Waals surface area contributed by atoms with Crippen LogP contribution >= 0.6 is 22.7 Å². The first-order valence-electron chi connectivity index (χ1n) is 4.70. The minimum absolute atomic E-state index is 0.638. The third-order valence-corrected chi connectivity index (χ3v) is 3.79. The molecule has 0 unspecified atom stereocenters. The second kappa shape index (κ2) is 4.74. The van der Waals surface area contributed by atoms with Crippen LogP contribution in [0.15, 0.2) is 18.3 Å². The second-order valence-corrected chi connectivity index (χ2v) is 5.80. The molecule has 0 aromatic carbocycles. The lowest BCUT2D eigenvalue weighted by Crippen LogP contribution is -2.10. The first kappa shape index (κ1) is 10.6. The molecule has 0 fully saturated rings. The number of nitrogens with zero attached hydrogens (tertiary/aromatic N) is 1. The predicted octanol–water partition coefficient (Wildman–Crippen LogP) is 2.39. The van der Waals surface area contributed by atoms with Crippen molar-refractivity contribution in [2.75, 3.05) is 5.73 Å². The van der Waals surface area contributed by atoms with Gasteiger partial charge in [0.15, 0.2) is 5.13 Å². The number of rotatable bonds is 4. The van der Waals surface area contributed by atoms with E-state index in [0.29, 0.717) is 5.13 Å². The molecule has 5 heteroatoms. The number of aromatic nitrogens is 1. The smallest absolute Gasteiger partial charge is 0.180 e. The van der Waals surface area contributed by atoms with Gasteiger partial charge in [0.25, 0.3) is 0 Å². The number of hydrogen-bond acceptors (Lipinski definition) is 5. The van der Waals surface area contributed by atoms with Gasteiger partial charge in [0.05, 0.1) is 0 Å². The molecule has 0 radical (unpaired) electrons. The minimum atomic E-state index is 0.638. The van der Waals surface area contributed by atoms with Gasteiger partial charge < -0.3 is 11.1 Å². The highest BCUT2D eigenvalue weighted by atomic mass is 32.1. The average Bonchev–Trinajstić information content (AvgIpc) is 2.76. The number of nitrogen functional groups attached to an aromatic ring is 1. The molecule has 0 amide bonds. The Morgan fingerprint density at radius 2 is 2.07 bits per heavy atom.